The Morgan fingerprint density at radius 3 is 2.63 bits per heavy atom. The molecule has 0 radical (unpaired) electrons. The number of ether oxygens (including phenoxy) is 1. The molecule has 2 rings (SSSR count). The highest BCUT2D eigenvalue weighted by molar-refractivity contribution is 5.78. The van der Waals surface area contributed by atoms with Crippen molar-refractivity contribution in [2.24, 2.45) is 0 Å². The monoisotopic (exact) mass is 268 g/mol. The fourth-order valence-corrected chi connectivity index (χ4v) is 3.27. The van der Waals surface area contributed by atoms with Gasteiger partial charge >= 0.3 is 0 Å². The van der Waals surface area contributed by atoms with Crippen LogP contribution < -0.4 is 0 Å². The molecule has 5 nitrogen and oxygen atoms in total. The Morgan fingerprint density at radius 2 is 2.00 bits per heavy atom. The van der Waals surface area contributed by atoms with Gasteiger partial charge in [-0.15, -0.1) is 0 Å². The van der Waals surface area contributed by atoms with Crippen molar-refractivity contribution in [1.82, 2.24) is 9.80 Å². The van der Waals surface area contributed by atoms with Crippen molar-refractivity contribution in [2.75, 3.05) is 33.9 Å². The second kappa shape index (κ2) is 5.90. The molecule has 0 atom stereocenters. The topological polar surface area (TPSA) is 49.9 Å². The van der Waals surface area contributed by atoms with Gasteiger partial charge < -0.3 is 14.5 Å². The minimum atomic E-state index is 0.00731. The van der Waals surface area contributed by atoms with E-state index in [1.54, 1.807) is 7.11 Å². The average Bonchev–Trinajstić information content (AvgIpc) is 2.43. The van der Waals surface area contributed by atoms with Crippen molar-refractivity contribution < 1.29 is 14.3 Å². The third-order valence-electron chi connectivity index (χ3n) is 4.69. The summed E-state index contributed by atoms with van der Waals surface area (Å²) in [6.45, 7) is 2.01. The van der Waals surface area contributed by atoms with Gasteiger partial charge in [0.1, 0.15) is 0 Å². The van der Waals surface area contributed by atoms with E-state index in [1.807, 2.05) is 16.8 Å². The Balaban J connectivity index is 1.91. The summed E-state index contributed by atoms with van der Waals surface area (Å²) in [5.41, 5.74) is 0.00731. The summed E-state index contributed by atoms with van der Waals surface area (Å²) in [6, 6.07) is 0. The SMILES string of the molecule is COCCC(=O)N1CCC2(CCCC(=O)N2C)CC1. The fourth-order valence-electron chi connectivity index (χ4n) is 3.27. The van der Waals surface area contributed by atoms with Gasteiger partial charge in [0.15, 0.2) is 0 Å². The number of hydrogen-bond acceptors (Lipinski definition) is 3. The van der Waals surface area contributed by atoms with Crippen LogP contribution in [-0.2, 0) is 14.3 Å². The summed E-state index contributed by atoms with van der Waals surface area (Å²) in [6.07, 6.45) is 5.02. The van der Waals surface area contributed by atoms with E-state index in [-0.39, 0.29) is 17.4 Å². The second-order valence-corrected chi connectivity index (χ2v) is 5.65. The number of methoxy groups -OCH3 is 1. The average molecular weight is 268 g/mol. The van der Waals surface area contributed by atoms with Gasteiger partial charge in [0, 0.05) is 39.2 Å². The van der Waals surface area contributed by atoms with Gasteiger partial charge in [0.2, 0.25) is 11.8 Å². The van der Waals surface area contributed by atoms with Crippen molar-refractivity contribution >= 4 is 11.8 Å². The van der Waals surface area contributed by atoms with Gasteiger partial charge in [-0.2, -0.15) is 0 Å². The maximum Gasteiger partial charge on any atom is 0.224 e. The van der Waals surface area contributed by atoms with Crippen molar-refractivity contribution in [3.63, 3.8) is 0 Å². The van der Waals surface area contributed by atoms with Crippen molar-refractivity contribution in [3.8, 4) is 0 Å². The lowest BCUT2D eigenvalue weighted by Gasteiger charge is -2.50. The number of rotatable bonds is 3. The van der Waals surface area contributed by atoms with Gasteiger partial charge in [-0.05, 0) is 25.7 Å². The van der Waals surface area contributed by atoms with Crippen LogP contribution >= 0.6 is 0 Å². The zero-order chi connectivity index (χ0) is 13.9. The summed E-state index contributed by atoms with van der Waals surface area (Å²) in [5.74, 6) is 0.423. The number of carbonyl (C=O) groups excluding carboxylic acids is 2. The molecule has 0 aromatic rings. The molecule has 2 aliphatic rings. The smallest absolute Gasteiger partial charge is 0.224 e. The largest absolute Gasteiger partial charge is 0.384 e. The van der Waals surface area contributed by atoms with Gasteiger partial charge in [0.05, 0.1) is 13.0 Å². The second-order valence-electron chi connectivity index (χ2n) is 5.65. The highest BCUT2D eigenvalue weighted by Crippen LogP contribution is 2.36. The number of nitrogens with zero attached hydrogens (tertiary/aromatic N) is 2. The normalized spacial score (nSPS) is 22.9. The van der Waals surface area contributed by atoms with E-state index in [2.05, 4.69) is 0 Å². The number of likely N-dealkylation sites (tertiary alicyclic amines) is 2. The van der Waals surface area contributed by atoms with E-state index >= 15 is 0 Å². The first-order valence-electron chi connectivity index (χ1n) is 7.12. The van der Waals surface area contributed by atoms with Crippen LogP contribution in [0.1, 0.15) is 38.5 Å². The Morgan fingerprint density at radius 1 is 1.32 bits per heavy atom. The third-order valence-corrected chi connectivity index (χ3v) is 4.69. The maximum absolute atomic E-state index is 11.9. The molecule has 2 heterocycles. The molecule has 19 heavy (non-hydrogen) atoms. The van der Waals surface area contributed by atoms with Gasteiger partial charge in [-0.1, -0.05) is 0 Å². The Hall–Kier alpha value is -1.10. The molecule has 0 aromatic carbocycles. The summed E-state index contributed by atoms with van der Waals surface area (Å²) >= 11 is 0. The minimum Gasteiger partial charge on any atom is -0.384 e. The molecule has 0 aliphatic carbocycles. The third kappa shape index (κ3) is 2.91. The van der Waals surface area contributed by atoms with Gasteiger partial charge in [-0.3, -0.25) is 9.59 Å². The van der Waals surface area contributed by atoms with Crippen LogP contribution in [0, 0.1) is 0 Å². The van der Waals surface area contributed by atoms with E-state index in [4.69, 9.17) is 4.74 Å². The van der Waals surface area contributed by atoms with Crippen LogP contribution in [0.15, 0.2) is 0 Å². The fraction of sp³-hybridized carbons (Fsp3) is 0.857. The lowest BCUT2D eigenvalue weighted by molar-refractivity contribution is -0.144. The highest BCUT2D eigenvalue weighted by Gasteiger charge is 2.42. The molecule has 5 heteroatoms. The first-order valence-corrected chi connectivity index (χ1v) is 7.12. The molecule has 2 saturated heterocycles. The molecule has 2 aliphatic heterocycles. The molecule has 0 bridgehead atoms. The van der Waals surface area contributed by atoms with Crippen LogP contribution in [-0.4, -0.2) is 61.0 Å². The molecular formula is C14H24N2O3. The predicted molar refractivity (Wildman–Crippen MR) is 71.7 cm³/mol. The molecule has 0 aromatic heterocycles. The minimum absolute atomic E-state index is 0.00731. The van der Waals surface area contributed by atoms with Gasteiger partial charge in [-0.25, -0.2) is 0 Å². The summed E-state index contributed by atoms with van der Waals surface area (Å²) in [5, 5.41) is 0. The molecule has 1 spiro atoms. The first-order chi connectivity index (χ1) is 9.09. The zero-order valence-corrected chi connectivity index (χ0v) is 12.0. The first kappa shape index (κ1) is 14.3. The summed E-state index contributed by atoms with van der Waals surface area (Å²) in [4.78, 5) is 27.6. The van der Waals surface area contributed by atoms with E-state index < -0.39 is 0 Å². The molecule has 0 unspecified atom stereocenters. The molecule has 0 N–H and O–H groups in total. The van der Waals surface area contributed by atoms with Crippen LogP contribution in [0.4, 0.5) is 0 Å². The maximum atomic E-state index is 11.9. The van der Waals surface area contributed by atoms with Crippen LogP contribution in [0.5, 0.6) is 0 Å². The Labute approximate surface area is 114 Å². The van der Waals surface area contributed by atoms with Gasteiger partial charge in [0.25, 0.3) is 0 Å². The highest BCUT2D eigenvalue weighted by atomic mass is 16.5. The summed E-state index contributed by atoms with van der Waals surface area (Å²) in [7, 11) is 3.53. The molecule has 0 saturated carbocycles. The quantitative estimate of drug-likeness (QED) is 0.768. The molecule has 108 valence electrons. The van der Waals surface area contributed by atoms with Crippen molar-refractivity contribution in [3.05, 3.63) is 0 Å². The standard InChI is InChI=1S/C14H24N2O3/c1-15-12(17)4-3-6-14(15)7-9-16(10-8-14)13(18)5-11-19-2/h3-11H2,1-2H3. The van der Waals surface area contributed by atoms with Crippen molar-refractivity contribution in [1.29, 1.82) is 0 Å². The predicted octanol–water partition coefficient (Wildman–Crippen LogP) is 1.03. The molecule has 2 fully saturated rings. The lowest BCUT2D eigenvalue weighted by atomic mass is 9.78. The molecule has 2 amide bonds. The van der Waals surface area contributed by atoms with Crippen LogP contribution in [0.3, 0.4) is 0 Å². The lowest BCUT2D eigenvalue weighted by Crippen LogP contribution is -2.58. The number of hydrogen-bond donors (Lipinski definition) is 0. The van der Waals surface area contributed by atoms with E-state index in [9.17, 15) is 9.59 Å². The Kier molecular flexibility index (Phi) is 4.45. The van der Waals surface area contributed by atoms with Crippen LogP contribution in [0.25, 0.3) is 0 Å². The van der Waals surface area contributed by atoms with Crippen LogP contribution in [0.2, 0.25) is 0 Å². The Bertz CT molecular complexity index is 349. The molecular weight excluding hydrogens is 244 g/mol. The number of piperidine rings is 2. The zero-order valence-electron chi connectivity index (χ0n) is 12.0. The van der Waals surface area contributed by atoms with E-state index in [0.717, 1.165) is 38.8 Å². The summed E-state index contributed by atoms with van der Waals surface area (Å²) < 4.78 is 4.94. The number of amides is 2. The van der Waals surface area contributed by atoms with E-state index in [0.29, 0.717) is 19.4 Å². The number of carbonyl (C=O) groups is 2. The van der Waals surface area contributed by atoms with E-state index in [1.165, 1.54) is 0 Å². The van der Waals surface area contributed by atoms with Crippen molar-refractivity contribution in [2.45, 2.75) is 44.1 Å².